The van der Waals surface area contributed by atoms with E-state index in [-0.39, 0.29) is 23.3 Å². The van der Waals surface area contributed by atoms with Gasteiger partial charge in [-0.1, -0.05) is 12.1 Å². The summed E-state index contributed by atoms with van der Waals surface area (Å²) in [4.78, 5) is 11.2. The molecular weight excluding hydrogens is 280 g/mol. The SMILES string of the molecule is COC(=O)CCNc1ccccc1S(=O)(=O)NC(C)C. The van der Waals surface area contributed by atoms with E-state index in [1.807, 2.05) is 0 Å². The number of nitrogens with one attached hydrogen (secondary N) is 2. The average Bonchev–Trinajstić information content (AvgIpc) is 2.37. The first kappa shape index (κ1) is 16.5. The molecule has 0 saturated heterocycles. The average molecular weight is 300 g/mol. The molecule has 0 amide bonds. The molecule has 6 nitrogen and oxygen atoms in total. The van der Waals surface area contributed by atoms with E-state index < -0.39 is 10.0 Å². The number of carbonyl (C=O) groups is 1. The third-order valence-electron chi connectivity index (χ3n) is 2.44. The first-order valence-corrected chi connectivity index (χ1v) is 7.77. The van der Waals surface area contributed by atoms with Crippen LogP contribution in [0.2, 0.25) is 0 Å². The summed E-state index contributed by atoms with van der Waals surface area (Å²) in [6.45, 7) is 3.82. The summed E-state index contributed by atoms with van der Waals surface area (Å²) in [5.41, 5.74) is 0.463. The van der Waals surface area contributed by atoms with Gasteiger partial charge in [0.1, 0.15) is 4.90 Å². The Kier molecular flexibility index (Phi) is 5.97. The van der Waals surface area contributed by atoms with E-state index in [1.165, 1.54) is 13.2 Å². The van der Waals surface area contributed by atoms with Crippen LogP contribution in [0.5, 0.6) is 0 Å². The largest absolute Gasteiger partial charge is 0.469 e. The fourth-order valence-corrected chi connectivity index (χ4v) is 3.06. The Hall–Kier alpha value is -1.60. The number of hydrogen-bond acceptors (Lipinski definition) is 5. The molecule has 1 aromatic carbocycles. The lowest BCUT2D eigenvalue weighted by atomic mass is 10.3. The first-order valence-electron chi connectivity index (χ1n) is 6.29. The minimum atomic E-state index is -3.58. The van der Waals surface area contributed by atoms with Gasteiger partial charge in [0.15, 0.2) is 0 Å². The van der Waals surface area contributed by atoms with E-state index in [0.29, 0.717) is 12.2 Å². The molecule has 0 unspecified atom stereocenters. The lowest BCUT2D eigenvalue weighted by Crippen LogP contribution is -2.30. The number of carbonyl (C=O) groups excluding carboxylic acids is 1. The fraction of sp³-hybridized carbons (Fsp3) is 0.462. The van der Waals surface area contributed by atoms with Crippen LogP contribution in [-0.4, -0.2) is 34.1 Å². The number of methoxy groups -OCH3 is 1. The summed E-state index contributed by atoms with van der Waals surface area (Å²) in [5, 5.41) is 2.94. The fourth-order valence-electron chi connectivity index (χ4n) is 1.62. The lowest BCUT2D eigenvalue weighted by Gasteiger charge is -2.14. The number of para-hydroxylation sites is 1. The monoisotopic (exact) mass is 300 g/mol. The molecular formula is C13H20N2O4S. The van der Waals surface area contributed by atoms with Crippen molar-refractivity contribution in [3.05, 3.63) is 24.3 Å². The Balaban J connectivity index is 2.86. The standard InChI is InChI=1S/C13H20N2O4S/c1-10(2)15-20(17,18)12-7-5-4-6-11(12)14-9-8-13(16)19-3/h4-7,10,14-15H,8-9H2,1-3H3. The Morgan fingerprint density at radius 1 is 1.30 bits per heavy atom. The zero-order chi connectivity index (χ0) is 15.2. The Morgan fingerprint density at radius 2 is 1.95 bits per heavy atom. The van der Waals surface area contributed by atoms with Crippen LogP contribution in [0.25, 0.3) is 0 Å². The summed E-state index contributed by atoms with van der Waals surface area (Å²) in [5.74, 6) is -0.349. The lowest BCUT2D eigenvalue weighted by molar-refractivity contribution is -0.140. The minimum Gasteiger partial charge on any atom is -0.469 e. The number of benzene rings is 1. The second-order valence-corrected chi connectivity index (χ2v) is 6.21. The highest BCUT2D eigenvalue weighted by Gasteiger charge is 2.18. The molecule has 0 fully saturated rings. The number of ether oxygens (including phenoxy) is 1. The van der Waals surface area contributed by atoms with Gasteiger partial charge in [-0.2, -0.15) is 0 Å². The van der Waals surface area contributed by atoms with E-state index in [9.17, 15) is 13.2 Å². The van der Waals surface area contributed by atoms with E-state index in [1.54, 1.807) is 32.0 Å². The van der Waals surface area contributed by atoms with Gasteiger partial charge in [0.05, 0.1) is 19.2 Å². The van der Waals surface area contributed by atoms with Crippen LogP contribution in [0, 0.1) is 0 Å². The van der Waals surface area contributed by atoms with E-state index in [2.05, 4.69) is 14.8 Å². The molecule has 0 spiro atoms. The van der Waals surface area contributed by atoms with Crippen molar-refractivity contribution in [3.8, 4) is 0 Å². The molecule has 0 aliphatic carbocycles. The maximum Gasteiger partial charge on any atom is 0.307 e. The van der Waals surface area contributed by atoms with Crippen LogP contribution in [0.1, 0.15) is 20.3 Å². The Labute approximate surface area is 119 Å². The third-order valence-corrected chi connectivity index (χ3v) is 4.16. The summed E-state index contributed by atoms with van der Waals surface area (Å²) >= 11 is 0. The van der Waals surface area contributed by atoms with Crippen LogP contribution in [0.4, 0.5) is 5.69 Å². The third kappa shape index (κ3) is 4.82. The van der Waals surface area contributed by atoms with Crippen molar-refractivity contribution >= 4 is 21.7 Å². The van der Waals surface area contributed by atoms with Crippen molar-refractivity contribution in [2.75, 3.05) is 19.0 Å². The van der Waals surface area contributed by atoms with Gasteiger partial charge in [-0.05, 0) is 26.0 Å². The quantitative estimate of drug-likeness (QED) is 0.743. The van der Waals surface area contributed by atoms with Gasteiger partial charge in [0.2, 0.25) is 10.0 Å². The second-order valence-electron chi connectivity index (χ2n) is 4.53. The van der Waals surface area contributed by atoms with Crippen molar-refractivity contribution < 1.29 is 17.9 Å². The van der Waals surface area contributed by atoms with Crippen molar-refractivity contribution in [1.29, 1.82) is 0 Å². The van der Waals surface area contributed by atoms with Gasteiger partial charge in [-0.3, -0.25) is 4.79 Å². The molecule has 7 heteroatoms. The number of hydrogen-bond donors (Lipinski definition) is 2. The molecule has 0 aliphatic rings. The molecule has 2 N–H and O–H groups in total. The van der Waals surface area contributed by atoms with Gasteiger partial charge in [-0.15, -0.1) is 0 Å². The molecule has 0 radical (unpaired) electrons. The minimum absolute atomic E-state index is 0.165. The molecule has 1 rings (SSSR count). The van der Waals surface area contributed by atoms with Crippen molar-refractivity contribution in [2.45, 2.75) is 31.2 Å². The number of sulfonamides is 1. The summed E-state index contributed by atoms with van der Waals surface area (Å²) in [7, 11) is -2.26. The molecule has 1 aromatic rings. The highest BCUT2D eigenvalue weighted by molar-refractivity contribution is 7.89. The Bertz CT molecular complexity index is 555. The smallest absolute Gasteiger partial charge is 0.307 e. The summed E-state index contributed by atoms with van der Waals surface area (Å²) in [6.07, 6.45) is 0.169. The highest BCUT2D eigenvalue weighted by Crippen LogP contribution is 2.20. The summed E-state index contributed by atoms with van der Waals surface area (Å²) in [6, 6.07) is 6.37. The molecule has 0 aliphatic heterocycles. The molecule has 112 valence electrons. The molecule has 0 atom stereocenters. The summed E-state index contributed by atoms with van der Waals surface area (Å²) < 4.78 is 31.4. The predicted molar refractivity (Wildman–Crippen MR) is 77.0 cm³/mol. The highest BCUT2D eigenvalue weighted by atomic mass is 32.2. The van der Waals surface area contributed by atoms with Crippen LogP contribution < -0.4 is 10.0 Å². The molecule has 20 heavy (non-hydrogen) atoms. The normalized spacial score (nSPS) is 11.4. The topological polar surface area (TPSA) is 84.5 Å². The van der Waals surface area contributed by atoms with E-state index in [0.717, 1.165) is 0 Å². The second kappa shape index (κ2) is 7.25. The maximum absolute atomic E-state index is 12.2. The number of rotatable bonds is 7. The van der Waals surface area contributed by atoms with Gasteiger partial charge < -0.3 is 10.1 Å². The first-order chi connectivity index (χ1) is 9.36. The van der Waals surface area contributed by atoms with Crippen molar-refractivity contribution in [1.82, 2.24) is 4.72 Å². The maximum atomic E-state index is 12.2. The van der Waals surface area contributed by atoms with Gasteiger partial charge >= 0.3 is 5.97 Å². The Morgan fingerprint density at radius 3 is 2.55 bits per heavy atom. The molecule has 0 saturated carbocycles. The van der Waals surface area contributed by atoms with Crippen LogP contribution in [-0.2, 0) is 19.6 Å². The van der Waals surface area contributed by atoms with E-state index >= 15 is 0 Å². The van der Waals surface area contributed by atoms with Crippen LogP contribution >= 0.6 is 0 Å². The van der Waals surface area contributed by atoms with Gasteiger partial charge in [0.25, 0.3) is 0 Å². The van der Waals surface area contributed by atoms with Crippen LogP contribution in [0.15, 0.2) is 29.2 Å². The zero-order valence-electron chi connectivity index (χ0n) is 11.8. The van der Waals surface area contributed by atoms with Gasteiger partial charge in [0, 0.05) is 12.6 Å². The molecule has 0 bridgehead atoms. The van der Waals surface area contributed by atoms with Gasteiger partial charge in [-0.25, -0.2) is 13.1 Å². The molecule has 0 heterocycles. The molecule has 0 aromatic heterocycles. The number of anilines is 1. The predicted octanol–water partition coefficient (Wildman–Crippen LogP) is 1.35. The van der Waals surface area contributed by atoms with Crippen LogP contribution in [0.3, 0.4) is 0 Å². The zero-order valence-corrected chi connectivity index (χ0v) is 12.7. The number of esters is 1. The van der Waals surface area contributed by atoms with Crippen molar-refractivity contribution in [3.63, 3.8) is 0 Å². The van der Waals surface area contributed by atoms with Crippen molar-refractivity contribution in [2.24, 2.45) is 0 Å². The van der Waals surface area contributed by atoms with E-state index in [4.69, 9.17) is 0 Å².